The normalized spacial score (nSPS) is 14.4. The molecule has 11 heteroatoms. The average molecular weight is 542 g/mol. The van der Waals surface area contributed by atoms with Gasteiger partial charge in [-0.2, -0.15) is 0 Å². The molecule has 196 valence electrons. The zero-order chi connectivity index (χ0) is 27.1. The van der Waals surface area contributed by atoms with Crippen molar-refractivity contribution in [1.82, 2.24) is 0 Å². The fourth-order valence-corrected chi connectivity index (χ4v) is 4.26. The van der Waals surface area contributed by atoms with E-state index in [1.807, 2.05) is 25.1 Å². The fraction of sp³-hybridized carbons (Fsp3) is 0.148. The summed E-state index contributed by atoms with van der Waals surface area (Å²) < 4.78 is 46.3. The molecule has 1 aliphatic rings. The van der Waals surface area contributed by atoms with Gasteiger partial charge in [0.1, 0.15) is 17.2 Å². The van der Waals surface area contributed by atoms with Crippen LogP contribution >= 0.6 is 11.8 Å². The molecule has 1 N–H and O–H groups in total. The van der Waals surface area contributed by atoms with Crippen molar-refractivity contribution >= 4 is 46.2 Å². The number of carbonyl (C=O) groups is 2. The summed E-state index contributed by atoms with van der Waals surface area (Å²) in [5.74, 6) is -0.535. The van der Waals surface area contributed by atoms with E-state index in [1.54, 1.807) is 42.5 Å². The van der Waals surface area contributed by atoms with E-state index in [2.05, 4.69) is 15.0 Å². The van der Waals surface area contributed by atoms with E-state index in [0.29, 0.717) is 28.9 Å². The van der Waals surface area contributed by atoms with E-state index in [1.165, 1.54) is 17.0 Å². The second-order valence-corrected chi connectivity index (χ2v) is 8.75. The molecule has 0 saturated heterocycles. The summed E-state index contributed by atoms with van der Waals surface area (Å²) in [5.41, 5.74) is 1.86. The molecule has 0 aliphatic carbocycles. The van der Waals surface area contributed by atoms with Crippen LogP contribution in [0.15, 0.2) is 89.6 Å². The minimum atomic E-state index is -4.80. The van der Waals surface area contributed by atoms with Crippen LogP contribution in [0.5, 0.6) is 11.5 Å². The highest BCUT2D eigenvalue weighted by molar-refractivity contribution is 8.14. The summed E-state index contributed by atoms with van der Waals surface area (Å²) in [6.07, 6.45) is -3.14. The van der Waals surface area contributed by atoms with Gasteiger partial charge in [0, 0.05) is 5.69 Å². The van der Waals surface area contributed by atoms with Crippen LogP contribution in [-0.2, 0) is 9.59 Å². The van der Waals surface area contributed by atoms with Crippen molar-refractivity contribution < 1.29 is 32.2 Å². The number of amides is 2. The average Bonchev–Trinajstić information content (AvgIpc) is 3.19. The van der Waals surface area contributed by atoms with Crippen molar-refractivity contribution in [2.75, 3.05) is 22.6 Å². The van der Waals surface area contributed by atoms with Gasteiger partial charge in [-0.25, -0.2) is 4.99 Å². The number of anilines is 2. The van der Waals surface area contributed by atoms with Crippen LogP contribution in [0.2, 0.25) is 0 Å². The van der Waals surface area contributed by atoms with Crippen LogP contribution < -0.4 is 19.7 Å². The molecule has 38 heavy (non-hydrogen) atoms. The van der Waals surface area contributed by atoms with Crippen molar-refractivity contribution in [2.45, 2.75) is 13.3 Å². The number of carbonyl (C=O) groups excluding carboxylic acids is 2. The highest BCUT2D eigenvalue weighted by atomic mass is 32.2. The Morgan fingerprint density at radius 2 is 1.66 bits per heavy atom. The number of halogens is 3. The molecule has 0 atom stereocenters. The second-order valence-electron chi connectivity index (χ2n) is 7.81. The molecule has 0 bridgehead atoms. The maximum atomic E-state index is 13.3. The molecular weight excluding hydrogens is 519 g/mol. The number of aliphatic imine (C=N–C) groups is 1. The summed E-state index contributed by atoms with van der Waals surface area (Å²) >= 11 is 1.06. The summed E-state index contributed by atoms with van der Waals surface area (Å²) in [5, 5.41) is 2.93. The van der Waals surface area contributed by atoms with Crippen LogP contribution in [0.1, 0.15) is 12.5 Å². The van der Waals surface area contributed by atoms with Crippen molar-refractivity contribution in [3.63, 3.8) is 0 Å². The fourth-order valence-electron chi connectivity index (χ4n) is 3.45. The molecule has 2 amide bonds. The van der Waals surface area contributed by atoms with E-state index >= 15 is 0 Å². The summed E-state index contributed by atoms with van der Waals surface area (Å²) in [4.78, 5) is 31.7. The minimum absolute atomic E-state index is 0.0907. The van der Waals surface area contributed by atoms with Gasteiger partial charge in [0.2, 0.25) is 5.91 Å². The zero-order valence-electron chi connectivity index (χ0n) is 20.1. The van der Waals surface area contributed by atoms with Gasteiger partial charge in [-0.05, 0) is 67.1 Å². The molecule has 0 saturated carbocycles. The number of benzene rings is 3. The summed E-state index contributed by atoms with van der Waals surface area (Å²) in [7, 11) is 0. The molecule has 0 spiro atoms. The Kier molecular flexibility index (Phi) is 8.37. The number of ether oxygens (including phenoxy) is 2. The number of amidine groups is 1. The Labute approximate surface area is 221 Å². The number of alkyl halides is 3. The number of rotatable bonds is 8. The number of thioether (sulfide) groups is 1. The minimum Gasteiger partial charge on any atom is -0.494 e. The lowest BCUT2D eigenvalue weighted by molar-refractivity contribution is -0.274. The SMILES string of the molecule is CCOc1ccc(C=C2N=C(SCC(=O)Nc3ccc(OC(F)(F)F)cc3)N(c3ccccc3)C2=O)cc1. The van der Waals surface area contributed by atoms with Gasteiger partial charge >= 0.3 is 6.36 Å². The third-order valence-electron chi connectivity index (χ3n) is 5.04. The molecule has 1 aliphatic heterocycles. The molecular formula is C27H22F3N3O4S. The topological polar surface area (TPSA) is 80.2 Å². The van der Waals surface area contributed by atoms with Crippen LogP contribution in [0.4, 0.5) is 24.5 Å². The van der Waals surface area contributed by atoms with Crippen LogP contribution in [0.25, 0.3) is 6.08 Å². The molecule has 3 aromatic carbocycles. The maximum absolute atomic E-state index is 13.3. The third-order valence-corrected chi connectivity index (χ3v) is 5.98. The largest absolute Gasteiger partial charge is 0.573 e. The van der Waals surface area contributed by atoms with Crippen molar-refractivity contribution in [3.05, 3.63) is 90.1 Å². The van der Waals surface area contributed by atoms with Crippen LogP contribution in [0.3, 0.4) is 0 Å². The quantitative estimate of drug-likeness (QED) is 0.349. The number of hydrogen-bond acceptors (Lipinski definition) is 6. The molecule has 4 rings (SSSR count). The van der Waals surface area contributed by atoms with Crippen molar-refractivity contribution in [2.24, 2.45) is 4.99 Å². The maximum Gasteiger partial charge on any atom is 0.573 e. The van der Waals surface area contributed by atoms with Gasteiger partial charge in [0.15, 0.2) is 5.17 Å². The Morgan fingerprint density at radius 3 is 2.29 bits per heavy atom. The molecule has 3 aromatic rings. The lowest BCUT2D eigenvalue weighted by atomic mass is 10.2. The van der Waals surface area contributed by atoms with E-state index in [-0.39, 0.29) is 17.4 Å². The third kappa shape index (κ3) is 7.16. The first-order valence-corrected chi connectivity index (χ1v) is 12.4. The van der Waals surface area contributed by atoms with Gasteiger partial charge in [0.25, 0.3) is 5.91 Å². The molecule has 7 nitrogen and oxygen atoms in total. The standard InChI is InChI=1S/C27H22F3N3O4S/c1-2-36-21-12-8-18(9-13-21)16-23-25(35)33(20-6-4-3-5-7-20)26(32-23)38-17-24(34)31-19-10-14-22(15-11-19)37-27(28,29)30/h3-16H,2,17H2,1H3,(H,31,34). The van der Waals surface area contributed by atoms with E-state index in [9.17, 15) is 22.8 Å². The summed E-state index contributed by atoms with van der Waals surface area (Å²) in [6.45, 7) is 2.43. The van der Waals surface area contributed by atoms with Crippen molar-refractivity contribution in [1.29, 1.82) is 0 Å². The van der Waals surface area contributed by atoms with E-state index < -0.39 is 18.0 Å². The first kappa shape index (κ1) is 26.8. The lowest BCUT2D eigenvalue weighted by Crippen LogP contribution is -2.31. The van der Waals surface area contributed by atoms with Crippen LogP contribution in [-0.4, -0.2) is 35.7 Å². The molecule has 1 heterocycles. The summed E-state index contributed by atoms with van der Waals surface area (Å²) in [6, 6.07) is 21.0. The van der Waals surface area contributed by atoms with Crippen molar-refractivity contribution in [3.8, 4) is 11.5 Å². The van der Waals surface area contributed by atoms with Gasteiger partial charge in [-0.1, -0.05) is 42.1 Å². The molecule has 0 radical (unpaired) electrons. The number of nitrogens with zero attached hydrogens (tertiary/aromatic N) is 2. The lowest BCUT2D eigenvalue weighted by Gasteiger charge is -2.17. The van der Waals surface area contributed by atoms with Gasteiger partial charge in [-0.3, -0.25) is 14.5 Å². The zero-order valence-corrected chi connectivity index (χ0v) is 20.9. The Hall–Kier alpha value is -4.25. The molecule has 0 unspecified atom stereocenters. The number of hydrogen-bond donors (Lipinski definition) is 1. The van der Waals surface area contributed by atoms with Gasteiger partial charge in [-0.15, -0.1) is 13.2 Å². The first-order valence-electron chi connectivity index (χ1n) is 11.4. The highest BCUT2D eigenvalue weighted by Gasteiger charge is 2.32. The Bertz CT molecular complexity index is 1340. The van der Waals surface area contributed by atoms with Crippen LogP contribution in [0, 0.1) is 0 Å². The smallest absolute Gasteiger partial charge is 0.494 e. The highest BCUT2D eigenvalue weighted by Crippen LogP contribution is 2.30. The predicted molar refractivity (Wildman–Crippen MR) is 141 cm³/mol. The number of nitrogens with one attached hydrogen (secondary N) is 1. The number of para-hydroxylation sites is 1. The second kappa shape index (κ2) is 11.9. The van der Waals surface area contributed by atoms with E-state index in [4.69, 9.17) is 4.74 Å². The molecule has 0 fully saturated rings. The first-order chi connectivity index (χ1) is 18.2. The Morgan fingerprint density at radius 1 is 1.00 bits per heavy atom. The van der Waals surface area contributed by atoms with Gasteiger partial charge < -0.3 is 14.8 Å². The predicted octanol–water partition coefficient (Wildman–Crippen LogP) is 6.10. The van der Waals surface area contributed by atoms with Gasteiger partial charge in [0.05, 0.1) is 18.0 Å². The monoisotopic (exact) mass is 541 g/mol. The van der Waals surface area contributed by atoms with E-state index in [0.717, 1.165) is 29.5 Å². The Balaban J connectivity index is 1.47. The molecule has 0 aromatic heterocycles.